The van der Waals surface area contributed by atoms with Gasteiger partial charge in [-0.1, -0.05) is 42.0 Å². The van der Waals surface area contributed by atoms with Gasteiger partial charge in [-0.25, -0.2) is 0 Å². The quantitative estimate of drug-likeness (QED) is 0.666. The van der Waals surface area contributed by atoms with Gasteiger partial charge in [-0.2, -0.15) is 0 Å². The fourth-order valence-corrected chi connectivity index (χ4v) is 3.21. The summed E-state index contributed by atoms with van der Waals surface area (Å²) in [5, 5.41) is 6.49. The second-order valence-corrected chi connectivity index (χ2v) is 6.80. The number of benzene rings is 2. The lowest BCUT2D eigenvalue weighted by atomic mass is 10.1. The van der Waals surface area contributed by atoms with Crippen LogP contribution in [0.1, 0.15) is 22.3 Å². The molecule has 142 valence electrons. The van der Waals surface area contributed by atoms with Crippen molar-refractivity contribution < 1.29 is 9.59 Å². The lowest BCUT2D eigenvalue weighted by molar-refractivity contribution is -0.121. The van der Waals surface area contributed by atoms with Crippen LogP contribution < -0.4 is 10.6 Å². The molecule has 2 amide bonds. The largest absolute Gasteiger partial charge is 0.343 e. The highest BCUT2D eigenvalue weighted by Gasteiger charge is 2.09. The summed E-state index contributed by atoms with van der Waals surface area (Å²) >= 11 is 0. The Morgan fingerprint density at radius 1 is 1.04 bits per heavy atom. The van der Waals surface area contributed by atoms with Crippen molar-refractivity contribution in [2.45, 2.75) is 20.8 Å². The Balaban J connectivity index is 1.60. The first-order valence-corrected chi connectivity index (χ1v) is 9.11. The molecule has 0 atom stereocenters. The number of para-hydroxylation sites is 1. The van der Waals surface area contributed by atoms with Crippen molar-refractivity contribution >= 4 is 34.5 Å². The summed E-state index contributed by atoms with van der Waals surface area (Å²) < 4.78 is 0. The van der Waals surface area contributed by atoms with Gasteiger partial charge in [0.1, 0.15) is 0 Å². The predicted octanol–water partition coefficient (Wildman–Crippen LogP) is 3.93. The molecule has 0 aliphatic carbocycles. The smallest absolute Gasteiger partial charge is 0.244 e. The highest BCUT2D eigenvalue weighted by atomic mass is 16.2. The summed E-state index contributed by atoms with van der Waals surface area (Å²) in [4.78, 5) is 28.6. The summed E-state index contributed by atoms with van der Waals surface area (Å²) in [7, 11) is 0. The standard InChI is InChI=1S/C23H23N3O2/c1-15-12-16(2)22(17(3)13-15)26-21(28)14-25-20(27)10-9-19-7-4-6-18-8-5-11-24-23(18)19/h4-13H,14H2,1-3H3,(H,25,27)(H,26,28)/b10-9+. The van der Waals surface area contributed by atoms with E-state index in [-0.39, 0.29) is 18.4 Å². The minimum atomic E-state index is -0.333. The van der Waals surface area contributed by atoms with Gasteiger partial charge >= 0.3 is 0 Å². The number of pyridine rings is 1. The van der Waals surface area contributed by atoms with E-state index in [4.69, 9.17) is 0 Å². The van der Waals surface area contributed by atoms with Crippen LogP contribution in [-0.2, 0) is 9.59 Å². The lowest BCUT2D eigenvalue weighted by Crippen LogP contribution is -2.32. The zero-order valence-electron chi connectivity index (χ0n) is 16.2. The lowest BCUT2D eigenvalue weighted by Gasteiger charge is -2.13. The number of hydrogen-bond donors (Lipinski definition) is 2. The van der Waals surface area contributed by atoms with E-state index >= 15 is 0 Å². The third-order valence-corrected chi connectivity index (χ3v) is 4.44. The van der Waals surface area contributed by atoms with Gasteiger partial charge in [0.05, 0.1) is 12.1 Å². The van der Waals surface area contributed by atoms with Crippen LogP contribution in [0.2, 0.25) is 0 Å². The predicted molar refractivity (Wildman–Crippen MR) is 113 cm³/mol. The number of aryl methyl sites for hydroxylation is 3. The van der Waals surface area contributed by atoms with E-state index in [0.717, 1.165) is 38.8 Å². The molecule has 5 nitrogen and oxygen atoms in total. The monoisotopic (exact) mass is 373 g/mol. The molecule has 0 radical (unpaired) electrons. The zero-order valence-corrected chi connectivity index (χ0v) is 16.2. The second-order valence-electron chi connectivity index (χ2n) is 6.80. The van der Waals surface area contributed by atoms with Crippen LogP contribution in [0.5, 0.6) is 0 Å². The van der Waals surface area contributed by atoms with Crippen LogP contribution in [0.25, 0.3) is 17.0 Å². The highest BCUT2D eigenvalue weighted by molar-refractivity contribution is 5.99. The molecular formula is C23H23N3O2. The van der Waals surface area contributed by atoms with E-state index in [1.54, 1.807) is 12.3 Å². The van der Waals surface area contributed by atoms with Gasteiger partial charge in [-0.3, -0.25) is 14.6 Å². The van der Waals surface area contributed by atoms with Crippen molar-refractivity contribution in [2.24, 2.45) is 0 Å². The molecule has 28 heavy (non-hydrogen) atoms. The first-order valence-electron chi connectivity index (χ1n) is 9.11. The number of carbonyl (C=O) groups excluding carboxylic acids is 2. The maximum Gasteiger partial charge on any atom is 0.244 e. The van der Waals surface area contributed by atoms with E-state index in [1.807, 2.05) is 63.2 Å². The van der Waals surface area contributed by atoms with Gasteiger partial charge in [0.15, 0.2) is 0 Å². The number of nitrogens with zero attached hydrogens (tertiary/aromatic N) is 1. The van der Waals surface area contributed by atoms with Crippen molar-refractivity contribution in [3.8, 4) is 0 Å². The molecular weight excluding hydrogens is 350 g/mol. The van der Waals surface area contributed by atoms with E-state index in [9.17, 15) is 9.59 Å². The average molecular weight is 373 g/mol. The summed E-state index contributed by atoms with van der Waals surface area (Å²) in [5.74, 6) is -0.593. The molecule has 0 aliphatic heterocycles. The van der Waals surface area contributed by atoms with Crippen LogP contribution in [0.3, 0.4) is 0 Å². The Morgan fingerprint density at radius 2 is 1.75 bits per heavy atom. The van der Waals surface area contributed by atoms with Crippen LogP contribution in [0.4, 0.5) is 5.69 Å². The first-order chi connectivity index (χ1) is 13.4. The van der Waals surface area contributed by atoms with Crippen LogP contribution in [0.15, 0.2) is 54.7 Å². The number of aromatic nitrogens is 1. The van der Waals surface area contributed by atoms with Crippen molar-refractivity contribution in [3.63, 3.8) is 0 Å². The maximum atomic E-state index is 12.2. The molecule has 3 aromatic rings. The van der Waals surface area contributed by atoms with Crippen LogP contribution in [-0.4, -0.2) is 23.3 Å². The number of rotatable bonds is 5. The Labute approximate surface area is 164 Å². The van der Waals surface area contributed by atoms with E-state index in [0.29, 0.717) is 0 Å². The van der Waals surface area contributed by atoms with Gasteiger partial charge < -0.3 is 10.6 Å². The molecule has 0 unspecified atom stereocenters. The normalized spacial score (nSPS) is 11.0. The van der Waals surface area contributed by atoms with Crippen LogP contribution >= 0.6 is 0 Å². The molecule has 0 saturated heterocycles. The molecule has 2 aromatic carbocycles. The Bertz CT molecular complexity index is 1040. The molecule has 2 N–H and O–H groups in total. The van der Waals surface area contributed by atoms with Gasteiger partial charge in [-0.15, -0.1) is 0 Å². The fraction of sp³-hybridized carbons (Fsp3) is 0.174. The second kappa shape index (κ2) is 8.48. The van der Waals surface area contributed by atoms with E-state index in [1.165, 1.54) is 6.08 Å². The molecule has 5 heteroatoms. The minimum Gasteiger partial charge on any atom is -0.343 e. The molecule has 0 aliphatic rings. The number of amides is 2. The van der Waals surface area contributed by atoms with Gasteiger partial charge in [0.2, 0.25) is 11.8 Å². The minimum absolute atomic E-state index is 0.0935. The third-order valence-electron chi connectivity index (χ3n) is 4.44. The summed E-state index contributed by atoms with van der Waals surface area (Å²) in [6.45, 7) is 5.83. The van der Waals surface area contributed by atoms with Gasteiger partial charge in [-0.05, 0) is 44.0 Å². The Kier molecular flexibility index (Phi) is 5.84. The number of fused-ring (bicyclic) bond motifs is 1. The SMILES string of the molecule is Cc1cc(C)c(NC(=O)CNC(=O)/C=C/c2cccc3cccnc23)c(C)c1. The number of anilines is 1. The molecule has 3 rings (SSSR count). The third kappa shape index (κ3) is 4.62. The van der Waals surface area contributed by atoms with Gasteiger partial charge in [0.25, 0.3) is 0 Å². The zero-order chi connectivity index (χ0) is 20.1. The molecule has 0 spiro atoms. The fourth-order valence-electron chi connectivity index (χ4n) is 3.21. The van der Waals surface area contributed by atoms with E-state index < -0.39 is 0 Å². The van der Waals surface area contributed by atoms with Crippen molar-refractivity contribution in [1.29, 1.82) is 0 Å². The molecule has 0 bridgehead atoms. The summed E-state index contributed by atoms with van der Waals surface area (Å²) in [6.07, 6.45) is 4.84. The Hall–Kier alpha value is -3.47. The number of nitrogens with one attached hydrogen (secondary N) is 2. The molecule has 0 saturated carbocycles. The summed E-state index contributed by atoms with van der Waals surface area (Å²) in [6, 6.07) is 13.7. The summed E-state index contributed by atoms with van der Waals surface area (Å²) in [5.41, 5.74) is 5.62. The van der Waals surface area contributed by atoms with Crippen molar-refractivity contribution in [3.05, 3.63) is 77.0 Å². The average Bonchev–Trinajstić information content (AvgIpc) is 2.67. The molecule has 0 fully saturated rings. The maximum absolute atomic E-state index is 12.2. The number of hydrogen-bond acceptors (Lipinski definition) is 3. The Morgan fingerprint density at radius 3 is 2.50 bits per heavy atom. The molecule has 1 aromatic heterocycles. The van der Waals surface area contributed by atoms with Gasteiger partial charge in [0, 0.05) is 28.9 Å². The first kappa shape index (κ1) is 19.3. The van der Waals surface area contributed by atoms with Crippen molar-refractivity contribution in [1.82, 2.24) is 10.3 Å². The number of carbonyl (C=O) groups is 2. The highest BCUT2D eigenvalue weighted by Crippen LogP contribution is 2.21. The molecule has 1 heterocycles. The van der Waals surface area contributed by atoms with Crippen LogP contribution in [0, 0.1) is 20.8 Å². The van der Waals surface area contributed by atoms with E-state index in [2.05, 4.69) is 15.6 Å². The van der Waals surface area contributed by atoms with Crippen molar-refractivity contribution in [2.75, 3.05) is 11.9 Å². The topological polar surface area (TPSA) is 71.1 Å².